The van der Waals surface area contributed by atoms with E-state index in [4.69, 9.17) is 11.6 Å². The third-order valence-corrected chi connectivity index (χ3v) is 3.98. The lowest BCUT2D eigenvalue weighted by molar-refractivity contribution is -0.384. The maximum atomic E-state index is 10.8. The van der Waals surface area contributed by atoms with Crippen molar-refractivity contribution < 1.29 is 4.92 Å². The van der Waals surface area contributed by atoms with Crippen LogP contribution in [-0.2, 0) is 6.54 Å². The quantitative estimate of drug-likeness (QED) is 0.627. The summed E-state index contributed by atoms with van der Waals surface area (Å²) in [5, 5.41) is 11.0. The van der Waals surface area contributed by atoms with E-state index >= 15 is 0 Å². The van der Waals surface area contributed by atoms with E-state index in [1.54, 1.807) is 12.1 Å². The van der Waals surface area contributed by atoms with Crippen LogP contribution in [0, 0.1) is 10.1 Å². The predicted molar refractivity (Wildman–Crippen MR) is 70.7 cm³/mol. The first kappa shape index (κ1) is 12.7. The van der Waals surface area contributed by atoms with Gasteiger partial charge in [0.15, 0.2) is 0 Å². The fourth-order valence-electron chi connectivity index (χ4n) is 1.81. The van der Waals surface area contributed by atoms with Gasteiger partial charge in [-0.3, -0.25) is 15.0 Å². The lowest BCUT2D eigenvalue weighted by Gasteiger charge is -2.26. The van der Waals surface area contributed by atoms with E-state index in [9.17, 15) is 10.1 Å². The Morgan fingerprint density at radius 1 is 1.41 bits per heavy atom. The fraction of sp³-hybridized carbons (Fsp3) is 0.455. The molecular formula is C11H13ClN2O2S. The lowest BCUT2D eigenvalue weighted by atomic mass is 10.2. The van der Waals surface area contributed by atoms with Gasteiger partial charge in [0, 0.05) is 37.2 Å². The molecule has 1 heterocycles. The summed E-state index contributed by atoms with van der Waals surface area (Å²) in [6.45, 7) is 2.85. The van der Waals surface area contributed by atoms with Gasteiger partial charge in [-0.2, -0.15) is 11.8 Å². The SMILES string of the molecule is O=[N+]([O-])c1cc(CN2CCSCC2)ccc1Cl. The van der Waals surface area contributed by atoms with Gasteiger partial charge in [0.1, 0.15) is 5.02 Å². The van der Waals surface area contributed by atoms with Gasteiger partial charge in [-0.1, -0.05) is 17.7 Å². The molecule has 0 N–H and O–H groups in total. The van der Waals surface area contributed by atoms with Gasteiger partial charge in [-0.05, 0) is 11.6 Å². The van der Waals surface area contributed by atoms with Crippen LogP contribution in [0.2, 0.25) is 5.02 Å². The minimum atomic E-state index is -0.433. The van der Waals surface area contributed by atoms with E-state index in [1.807, 2.05) is 17.8 Å². The summed E-state index contributed by atoms with van der Waals surface area (Å²) in [4.78, 5) is 12.6. The molecule has 4 nitrogen and oxygen atoms in total. The summed E-state index contributed by atoms with van der Waals surface area (Å²) in [5.74, 6) is 2.27. The highest BCUT2D eigenvalue weighted by molar-refractivity contribution is 7.99. The van der Waals surface area contributed by atoms with Crippen LogP contribution >= 0.6 is 23.4 Å². The molecule has 1 aliphatic heterocycles. The van der Waals surface area contributed by atoms with Crippen LogP contribution < -0.4 is 0 Å². The number of hydrogen-bond donors (Lipinski definition) is 0. The van der Waals surface area contributed by atoms with Gasteiger partial charge >= 0.3 is 0 Å². The van der Waals surface area contributed by atoms with Crippen molar-refractivity contribution in [1.29, 1.82) is 0 Å². The molecule has 6 heteroatoms. The third-order valence-electron chi connectivity index (χ3n) is 2.72. The third kappa shape index (κ3) is 3.34. The van der Waals surface area contributed by atoms with Crippen LogP contribution in [0.1, 0.15) is 5.56 Å². The molecule has 0 radical (unpaired) electrons. The molecule has 0 atom stereocenters. The molecule has 2 rings (SSSR count). The number of rotatable bonds is 3. The molecule has 1 aliphatic rings. The summed E-state index contributed by atoms with van der Waals surface area (Å²) >= 11 is 7.72. The van der Waals surface area contributed by atoms with Crippen LogP contribution in [0.4, 0.5) is 5.69 Å². The van der Waals surface area contributed by atoms with E-state index in [0.717, 1.165) is 36.7 Å². The monoisotopic (exact) mass is 272 g/mol. The van der Waals surface area contributed by atoms with Gasteiger partial charge in [-0.15, -0.1) is 0 Å². The second-order valence-electron chi connectivity index (χ2n) is 3.93. The maximum absolute atomic E-state index is 10.8. The van der Waals surface area contributed by atoms with Crippen LogP contribution in [-0.4, -0.2) is 34.4 Å². The highest BCUT2D eigenvalue weighted by Crippen LogP contribution is 2.26. The van der Waals surface area contributed by atoms with E-state index in [-0.39, 0.29) is 10.7 Å². The van der Waals surface area contributed by atoms with Gasteiger partial charge in [0.2, 0.25) is 0 Å². The van der Waals surface area contributed by atoms with E-state index in [2.05, 4.69) is 4.90 Å². The Morgan fingerprint density at radius 2 is 2.12 bits per heavy atom. The molecule has 0 spiro atoms. The molecule has 1 aromatic carbocycles. The Kier molecular flexibility index (Phi) is 4.25. The molecule has 1 saturated heterocycles. The number of benzene rings is 1. The zero-order valence-corrected chi connectivity index (χ0v) is 10.8. The Labute approximate surface area is 109 Å². The van der Waals surface area contributed by atoms with Gasteiger partial charge in [0.25, 0.3) is 5.69 Å². The van der Waals surface area contributed by atoms with Crippen LogP contribution in [0.5, 0.6) is 0 Å². The summed E-state index contributed by atoms with van der Waals surface area (Å²) < 4.78 is 0. The summed E-state index contributed by atoms with van der Waals surface area (Å²) in [5.41, 5.74) is 0.948. The van der Waals surface area contributed by atoms with Crippen molar-refractivity contribution >= 4 is 29.1 Å². The molecule has 0 amide bonds. The number of thioether (sulfide) groups is 1. The maximum Gasteiger partial charge on any atom is 0.288 e. The molecule has 0 saturated carbocycles. The molecule has 0 unspecified atom stereocenters. The molecule has 0 aromatic heterocycles. The first-order chi connectivity index (χ1) is 8.16. The summed E-state index contributed by atoms with van der Waals surface area (Å²) in [6.07, 6.45) is 0. The summed E-state index contributed by atoms with van der Waals surface area (Å²) in [6, 6.07) is 5.04. The normalized spacial score (nSPS) is 17.0. The predicted octanol–water partition coefficient (Wildman–Crippen LogP) is 2.80. The number of nitrogens with zero attached hydrogens (tertiary/aromatic N) is 2. The zero-order valence-electron chi connectivity index (χ0n) is 9.26. The van der Waals surface area contributed by atoms with Crippen molar-refractivity contribution in [3.8, 4) is 0 Å². The Hall–Kier alpha value is -0.780. The van der Waals surface area contributed by atoms with E-state index in [0.29, 0.717) is 0 Å². The Balaban J connectivity index is 2.10. The Bertz CT molecular complexity index is 422. The average Bonchev–Trinajstić information content (AvgIpc) is 2.32. The van der Waals surface area contributed by atoms with Crippen molar-refractivity contribution in [2.45, 2.75) is 6.54 Å². The van der Waals surface area contributed by atoms with Crippen molar-refractivity contribution in [1.82, 2.24) is 4.90 Å². The lowest BCUT2D eigenvalue weighted by Crippen LogP contribution is -2.31. The molecule has 1 fully saturated rings. The molecular weight excluding hydrogens is 260 g/mol. The first-order valence-corrected chi connectivity index (χ1v) is 6.93. The number of halogens is 1. The first-order valence-electron chi connectivity index (χ1n) is 5.40. The molecule has 92 valence electrons. The Morgan fingerprint density at radius 3 is 2.76 bits per heavy atom. The average molecular weight is 273 g/mol. The molecule has 1 aromatic rings. The van der Waals surface area contributed by atoms with Gasteiger partial charge in [-0.25, -0.2) is 0 Å². The van der Waals surface area contributed by atoms with Crippen molar-refractivity contribution in [2.24, 2.45) is 0 Å². The topological polar surface area (TPSA) is 46.4 Å². The minimum absolute atomic E-state index is 0.00412. The van der Waals surface area contributed by atoms with Gasteiger partial charge in [0.05, 0.1) is 4.92 Å². The van der Waals surface area contributed by atoms with Crippen molar-refractivity contribution in [3.63, 3.8) is 0 Å². The number of nitro groups is 1. The highest BCUT2D eigenvalue weighted by atomic mass is 35.5. The van der Waals surface area contributed by atoms with Gasteiger partial charge < -0.3 is 0 Å². The molecule has 17 heavy (non-hydrogen) atoms. The number of nitro benzene ring substituents is 1. The zero-order chi connectivity index (χ0) is 12.3. The summed E-state index contributed by atoms with van der Waals surface area (Å²) in [7, 11) is 0. The minimum Gasteiger partial charge on any atom is -0.297 e. The van der Waals surface area contributed by atoms with Crippen LogP contribution in [0.15, 0.2) is 18.2 Å². The van der Waals surface area contributed by atoms with E-state index < -0.39 is 4.92 Å². The number of hydrogen-bond acceptors (Lipinski definition) is 4. The smallest absolute Gasteiger partial charge is 0.288 e. The van der Waals surface area contributed by atoms with Crippen molar-refractivity contribution in [2.75, 3.05) is 24.6 Å². The largest absolute Gasteiger partial charge is 0.297 e. The second kappa shape index (κ2) is 5.71. The highest BCUT2D eigenvalue weighted by Gasteiger charge is 2.15. The fourth-order valence-corrected chi connectivity index (χ4v) is 2.98. The standard InChI is InChI=1S/C11H13ClN2O2S/c12-10-2-1-9(7-11(10)14(15)16)8-13-3-5-17-6-4-13/h1-2,7H,3-6,8H2. The van der Waals surface area contributed by atoms with Crippen LogP contribution in [0.3, 0.4) is 0 Å². The van der Waals surface area contributed by atoms with Crippen LogP contribution in [0.25, 0.3) is 0 Å². The molecule has 0 bridgehead atoms. The second-order valence-corrected chi connectivity index (χ2v) is 5.56. The molecule has 0 aliphatic carbocycles. The van der Waals surface area contributed by atoms with Crippen molar-refractivity contribution in [3.05, 3.63) is 38.9 Å². The van der Waals surface area contributed by atoms with E-state index in [1.165, 1.54) is 0 Å².